The van der Waals surface area contributed by atoms with Gasteiger partial charge in [0.1, 0.15) is 5.82 Å². The van der Waals surface area contributed by atoms with Gasteiger partial charge in [0.2, 0.25) is 0 Å². The molecule has 1 aliphatic rings. The molecule has 0 atom stereocenters. The maximum absolute atomic E-state index is 13.0. The minimum absolute atomic E-state index is 0.374. The summed E-state index contributed by atoms with van der Waals surface area (Å²) in [6, 6.07) is 11.2. The fraction of sp³-hybridized carbons (Fsp3) is 0.348. The molecule has 3 nitrogen and oxygen atoms in total. The highest BCUT2D eigenvalue weighted by Crippen LogP contribution is 2.33. The minimum atomic E-state index is -4.37. The van der Waals surface area contributed by atoms with Gasteiger partial charge in [0.15, 0.2) is 0 Å². The monoisotopic (exact) mass is 399 g/mol. The number of benzene rings is 2. The topological polar surface area (TPSA) is 28.2 Å². The molecule has 3 aromatic rings. The number of aryl methyl sites for hydroxylation is 1. The van der Waals surface area contributed by atoms with Crippen molar-refractivity contribution in [3.8, 4) is 0 Å². The van der Waals surface area contributed by atoms with Crippen molar-refractivity contribution in [2.45, 2.75) is 38.9 Å². The van der Waals surface area contributed by atoms with E-state index in [1.165, 1.54) is 25.3 Å². The molecule has 1 aromatic heterocycles. The van der Waals surface area contributed by atoms with Gasteiger partial charge in [-0.15, -0.1) is 0 Å². The van der Waals surface area contributed by atoms with Crippen LogP contribution in [0.4, 0.5) is 24.7 Å². The van der Waals surface area contributed by atoms with Gasteiger partial charge in [0.25, 0.3) is 0 Å². The summed E-state index contributed by atoms with van der Waals surface area (Å²) in [5.41, 5.74) is 2.00. The van der Waals surface area contributed by atoms with Crippen LogP contribution in [0.15, 0.2) is 48.7 Å². The number of aromatic nitrogens is 1. The van der Waals surface area contributed by atoms with E-state index in [0.29, 0.717) is 11.5 Å². The molecule has 0 saturated carbocycles. The van der Waals surface area contributed by atoms with E-state index in [0.717, 1.165) is 53.7 Å². The van der Waals surface area contributed by atoms with E-state index in [-0.39, 0.29) is 0 Å². The van der Waals surface area contributed by atoms with Crippen molar-refractivity contribution < 1.29 is 13.2 Å². The molecule has 29 heavy (non-hydrogen) atoms. The summed E-state index contributed by atoms with van der Waals surface area (Å²) in [6.45, 7) is 5.10. The van der Waals surface area contributed by atoms with Crippen molar-refractivity contribution in [2.75, 3.05) is 18.4 Å². The van der Waals surface area contributed by atoms with Crippen LogP contribution in [0.5, 0.6) is 0 Å². The summed E-state index contributed by atoms with van der Waals surface area (Å²) in [6.07, 6.45) is 1.22. The van der Waals surface area contributed by atoms with E-state index in [9.17, 15) is 13.2 Å². The summed E-state index contributed by atoms with van der Waals surface area (Å²) in [4.78, 5) is 7.03. The number of hydrogen-bond acceptors (Lipinski definition) is 3. The van der Waals surface area contributed by atoms with Gasteiger partial charge in [-0.1, -0.05) is 30.7 Å². The Balaban J connectivity index is 1.69. The van der Waals surface area contributed by atoms with E-state index in [2.05, 4.69) is 28.2 Å². The third-order valence-electron chi connectivity index (χ3n) is 5.49. The second kappa shape index (κ2) is 8.03. The summed E-state index contributed by atoms with van der Waals surface area (Å²) in [7, 11) is 0. The molecule has 2 heterocycles. The van der Waals surface area contributed by atoms with Gasteiger partial charge in [0.05, 0.1) is 5.56 Å². The number of fused-ring (bicyclic) bond motifs is 1. The first-order valence-electron chi connectivity index (χ1n) is 9.96. The van der Waals surface area contributed by atoms with Gasteiger partial charge in [-0.25, -0.2) is 4.98 Å². The molecule has 0 amide bonds. The average Bonchev–Trinajstić information content (AvgIpc) is 2.70. The van der Waals surface area contributed by atoms with Gasteiger partial charge in [-0.3, -0.25) is 4.90 Å². The second-order valence-electron chi connectivity index (χ2n) is 7.67. The Bertz CT molecular complexity index is 1010. The van der Waals surface area contributed by atoms with Crippen LogP contribution >= 0.6 is 0 Å². The number of nitrogens with one attached hydrogen (secondary N) is 1. The molecular weight excluding hydrogens is 375 g/mol. The molecule has 1 saturated heterocycles. The number of nitrogens with zero attached hydrogens (tertiary/aromatic N) is 2. The second-order valence-corrected chi connectivity index (χ2v) is 7.67. The van der Waals surface area contributed by atoms with Crippen LogP contribution in [0.3, 0.4) is 0 Å². The van der Waals surface area contributed by atoms with Gasteiger partial charge < -0.3 is 5.32 Å². The molecule has 0 unspecified atom stereocenters. The van der Waals surface area contributed by atoms with Crippen LogP contribution in [-0.4, -0.2) is 23.0 Å². The van der Waals surface area contributed by atoms with Gasteiger partial charge in [0, 0.05) is 23.8 Å². The maximum Gasteiger partial charge on any atom is 0.416 e. The quantitative estimate of drug-likeness (QED) is 0.559. The number of halogens is 3. The number of piperidine rings is 1. The Morgan fingerprint density at radius 2 is 1.79 bits per heavy atom. The smallest absolute Gasteiger partial charge is 0.340 e. The fourth-order valence-electron chi connectivity index (χ4n) is 4.06. The van der Waals surface area contributed by atoms with Crippen molar-refractivity contribution >= 4 is 22.3 Å². The lowest BCUT2D eigenvalue weighted by molar-refractivity contribution is -0.137. The standard InChI is InChI=1S/C23H24F3N3/c1-16-7-5-10-20-21(16)17(15-29-11-3-2-4-12-29)14-27-22(20)28-19-9-6-8-18(13-19)23(24,25)26/h5-10,13-14H,2-4,11-12,15H2,1H3,(H,27,28). The van der Waals surface area contributed by atoms with E-state index in [1.807, 2.05) is 18.3 Å². The van der Waals surface area contributed by atoms with Crippen molar-refractivity contribution in [3.63, 3.8) is 0 Å². The molecular formula is C23H24F3N3. The predicted molar refractivity (Wildman–Crippen MR) is 110 cm³/mol. The fourth-order valence-corrected chi connectivity index (χ4v) is 4.06. The highest BCUT2D eigenvalue weighted by atomic mass is 19.4. The largest absolute Gasteiger partial charge is 0.416 e. The Kier molecular flexibility index (Phi) is 5.46. The molecule has 152 valence electrons. The van der Waals surface area contributed by atoms with Gasteiger partial charge >= 0.3 is 6.18 Å². The van der Waals surface area contributed by atoms with Gasteiger partial charge in [-0.05, 0) is 67.6 Å². The van der Waals surface area contributed by atoms with E-state index < -0.39 is 11.7 Å². The molecule has 0 aliphatic carbocycles. The number of hydrogen-bond donors (Lipinski definition) is 1. The molecule has 1 fully saturated rings. The van der Waals surface area contributed by atoms with Crippen molar-refractivity contribution in [1.82, 2.24) is 9.88 Å². The Morgan fingerprint density at radius 1 is 1.03 bits per heavy atom. The lowest BCUT2D eigenvalue weighted by Crippen LogP contribution is -2.29. The van der Waals surface area contributed by atoms with Gasteiger partial charge in [-0.2, -0.15) is 13.2 Å². The van der Waals surface area contributed by atoms with Crippen LogP contribution < -0.4 is 5.32 Å². The number of likely N-dealkylation sites (tertiary alicyclic amines) is 1. The molecule has 1 N–H and O–H groups in total. The number of alkyl halides is 3. The number of anilines is 2. The van der Waals surface area contributed by atoms with Crippen molar-refractivity contribution in [2.24, 2.45) is 0 Å². The van der Waals surface area contributed by atoms with Crippen LogP contribution in [0.25, 0.3) is 10.8 Å². The first kappa shape index (κ1) is 19.7. The third-order valence-corrected chi connectivity index (χ3v) is 5.49. The molecule has 6 heteroatoms. The predicted octanol–water partition coefficient (Wildman–Crippen LogP) is 6.29. The normalized spacial score (nSPS) is 15.6. The third kappa shape index (κ3) is 4.37. The van der Waals surface area contributed by atoms with Crippen LogP contribution in [-0.2, 0) is 12.7 Å². The molecule has 2 aromatic carbocycles. The Labute approximate surface area is 168 Å². The summed E-state index contributed by atoms with van der Waals surface area (Å²) in [5.74, 6) is 0.574. The highest BCUT2D eigenvalue weighted by molar-refractivity contribution is 5.97. The van der Waals surface area contributed by atoms with E-state index in [1.54, 1.807) is 6.07 Å². The zero-order valence-electron chi connectivity index (χ0n) is 16.4. The zero-order valence-corrected chi connectivity index (χ0v) is 16.4. The first-order chi connectivity index (χ1) is 13.9. The molecule has 0 radical (unpaired) electrons. The molecule has 0 bridgehead atoms. The van der Waals surface area contributed by atoms with Crippen LogP contribution in [0.2, 0.25) is 0 Å². The SMILES string of the molecule is Cc1cccc2c(Nc3cccc(C(F)(F)F)c3)ncc(CN3CCCCC3)c12. The number of rotatable bonds is 4. The first-order valence-corrected chi connectivity index (χ1v) is 9.96. The lowest BCUT2D eigenvalue weighted by atomic mass is 10.0. The van der Waals surface area contributed by atoms with Crippen LogP contribution in [0.1, 0.15) is 36.0 Å². The van der Waals surface area contributed by atoms with Crippen LogP contribution in [0, 0.1) is 6.92 Å². The highest BCUT2D eigenvalue weighted by Gasteiger charge is 2.30. The molecule has 0 spiro atoms. The molecule has 1 aliphatic heterocycles. The van der Waals surface area contributed by atoms with Crippen molar-refractivity contribution in [1.29, 1.82) is 0 Å². The maximum atomic E-state index is 13.0. The zero-order chi connectivity index (χ0) is 20.4. The summed E-state index contributed by atoms with van der Waals surface area (Å²) in [5, 5.41) is 5.15. The summed E-state index contributed by atoms with van der Waals surface area (Å²) < 4.78 is 39.1. The average molecular weight is 399 g/mol. The van der Waals surface area contributed by atoms with E-state index >= 15 is 0 Å². The molecule has 4 rings (SSSR count). The Morgan fingerprint density at radius 3 is 2.55 bits per heavy atom. The summed E-state index contributed by atoms with van der Waals surface area (Å²) >= 11 is 0. The number of pyridine rings is 1. The minimum Gasteiger partial charge on any atom is -0.340 e. The van der Waals surface area contributed by atoms with Crippen molar-refractivity contribution in [3.05, 3.63) is 65.4 Å². The Hall–Kier alpha value is -2.60. The van der Waals surface area contributed by atoms with E-state index in [4.69, 9.17) is 0 Å². The lowest BCUT2D eigenvalue weighted by Gasteiger charge is -2.27.